The number of thiazole rings is 1. The third-order valence-corrected chi connectivity index (χ3v) is 6.56. The maximum atomic E-state index is 5.43. The van der Waals surface area contributed by atoms with Crippen LogP contribution in [-0.4, -0.2) is 31.1 Å². The molecule has 0 atom stereocenters. The minimum absolute atomic E-state index is 0. The van der Waals surface area contributed by atoms with Gasteiger partial charge in [0, 0.05) is 30.8 Å². The van der Waals surface area contributed by atoms with Crippen LogP contribution in [0.15, 0.2) is 52.1 Å². The molecule has 2 heterocycles. The van der Waals surface area contributed by atoms with Gasteiger partial charge in [-0.3, -0.25) is 0 Å². The third kappa shape index (κ3) is 7.23. The van der Waals surface area contributed by atoms with Crippen LogP contribution in [0.25, 0.3) is 0 Å². The number of rotatable bonds is 9. The molecule has 1 aromatic carbocycles. The van der Waals surface area contributed by atoms with E-state index in [4.69, 9.17) is 19.1 Å². The third-order valence-electron chi connectivity index (χ3n) is 5.34. The number of guanidine groups is 1. The number of ether oxygens (including phenoxy) is 1. The first-order chi connectivity index (χ1) is 15.3. The summed E-state index contributed by atoms with van der Waals surface area (Å²) < 4.78 is 10.7. The second-order valence-corrected chi connectivity index (χ2v) is 8.80. The summed E-state index contributed by atoms with van der Waals surface area (Å²) in [7, 11) is 1.68. The fourth-order valence-electron chi connectivity index (χ4n) is 3.63. The summed E-state index contributed by atoms with van der Waals surface area (Å²) in [4.78, 5) is 11.1. The number of hydrogen-bond donors (Lipinski definition) is 2. The monoisotopic (exact) mass is 566 g/mol. The van der Waals surface area contributed by atoms with E-state index in [9.17, 15) is 0 Å². The van der Waals surface area contributed by atoms with Crippen molar-refractivity contribution in [1.82, 2.24) is 15.6 Å². The lowest BCUT2D eigenvalue weighted by atomic mass is 10.0. The summed E-state index contributed by atoms with van der Waals surface area (Å²) in [5.74, 6) is 2.63. The smallest absolute Gasteiger partial charge is 0.191 e. The van der Waals surface area contributed by atoms with Crippen molar-refractivity contribution in [1.29, 1.82) is 0 Å². The van der Waals surface area contributed by atoms with Crippen molar-refractivity contribution in [2.75, 3.05) is 20.2 Å². The summed E-state index contributed by atoms with van der Waals surface area (Å²) in [6.07, 6.45) is 8.35. The highest BCUT2D eigenvalue weighted by Crippen LogP contribution is 2.26. The van der Waals surface area contributed by atoms with Crippen LogP contribution >= 0.6 is 35.3 Å². The first kappa shape index (κ1) is 24.6. The number of nitrogens with one attached hydrogen (secondary N) is 2. The predicted octanol–water partition coefficient (Wildman–Crippen LogP) is 4.76. The maximum Gasteiger partial charge on any atom is 0.191 e. The molecular formula is C24H31IN4O2S. The Morgan fingerprint density at radius 1 is 1.09 bits per heavy atom. The van der Waals surface area contributed by atoms with Gasteiger partial charge < -0.3 is 19.8 Å². The van der Waals surface area contributed by atoms with Crippen LogP contribution in [0.3, 0.4) is 0 Å². The van der Waals surface area contributed by atoms with Gasteiger partial charge >= 0.3 is 0 Å². The summed E-state index contributed by atoms with van der Waals surface area (Å²) >= 11 is 1.88. The Hall–Kier alpha value is -2.07. The van der Waals surface area contributed by atoms with Crippen molar-refractivity contribution < 1.29 is 9.15 Å². The van der Waals surface area contributed by atoms with Crippen molar-refractivity contribution in [3.63, 3.8) is 0 Å². The van der Waals surface area contributed by atoms with Gasteiger partial charge in [-0.05, 0) is 55.5 Å². The molecule has 32 heavy (non-hydrogen) atoms. The lowest BCUT2D eigenvalue weighted by Crippen LogP contribution is -2.39. The van der Waals surface area contributed by atoms with Gasteiger partial charge in [-0.2, -0.15) is 0 Å². The molecule has 6 nitrogen and oxygen atoms in total. The molecule has 1 aliphatic carbocycles. The van der Waals surface area contributed by atoms with Gasteiger partial charge in [0.05, 0.1) is 30.6 Å². The molecule has 2 aromatic heterocycles. The Balaban J connectivity index is 0.00000289. The molecule has 0 saturated carbocycles. The molecule has 2 N–H and O–H groups in total. The zero-order valence-electron chi connectivity index (χ0n) is 18.4. The molecule has 0 aliphatic heterocycles. The van der Waals surface area contributed by atoms with Gasteiger partial charge in [-0.15, -0.1) is 35.3 Å². The zero-order valence-corrected chi connectivity index (χ0v) is 21.6. The maximum absolute atomic E-state index is 5.43. The zero-order chi connectivity index (χ0) is 21.3. The van der Waals surface area contributed by atoms with E-state index in [-0.39, 0.29) is 24.0 Å². The molecule has 8 heteroatoms. The summed E-state index contributed by atoms with van der Waals surface area (Å²) in [5, 5.41) is 8.12. The van der Waals surface area contributed by atoms with Crippen molar-refractivity contribution in [3.05, 3.63) is 69.6 Å². The average molecular weight is 567 g/mol. The highest BCUT2D eigenvalue weighted by molar-refractivity contribution is 14.0. The SMILES string of the molecule is COc1ccc(CN=C(NCCc2ccco2)NCCc2nc3c(s2)CCCC3)cc1.I. The highest BCUT2D eigenvalue weighted by Gasteiger charge is 2.14. The number of benzene rings is 1. The van der Waals surface area contributed by atoms with E-state index < -0.39 is 0 Å². The quantitative estimate of drug-likeness (QED) is 0.222. The van der Waals surface area contributed by atoms with Gasteiger partial charge in [0.1, 0.15) is 11.5 Å². The van der Waals surface area contributed by atoms with Crippen LogP contribution < -0.4 is 15.4 Å². The predicted molar refractivity (Wildman–Crippen MR) is 140 cm³/mol. The molecule has 0 fully saturated rings. The van der Waals surface area contributed by atoms with Crippen LogP contribution in [0.1, 0.15) is 39.7 Å². The van der Waals surface area contributed by atoms with Gasteiger partial charge in [-0.1, -0.05) is 12.1 Å². The van der Waals surface area contributed by atoms with Gasteiger partial charge in [0.15, 0.2) is 5.96 Å². The molecule has 0 bridgehead atoms. The Morgan fingerprint density at radius 2 is 1.88 bits per heavy atom. The first-order valence-corrected chi connectivity index (χ1v) is 11.8. The summed E-state index contributed by atoms with van der Waals surface area (Å²) in [6.45, 7) is 2.17. The number of methoxy groups -OCH3 is 1. The highest BCUT2D eigenvalue weighted by atomic mass is 127. The first-order valence-electron chi connectivity index (χ1n) is 10.9. The standard InChI is InChI=1S/C24H30N4O2S.HI/c1-29-19-10-8-18(9-11-19)17-27-24(25-14-12-20-5-4-16-30-20)26-15-13-23-28-21-6-2-3-7-22(21)31-23;/h4-5,8-11,16H,2-3,6-7,12-15,17H2,1H3,(H2,25,26,27);1H. The van der Waals surface area contributed by atoms with E-state index in [0.717, 1.165) is 55.4 Å². The second-order valence-electron chi connectivity index (χ2n) is 7.63. The number of nitrogens with zero attached hydrogens (tertiary/aromatic N) is 2. The number of aliphatic imine (C=N–C) groups is 1. The summed E-state index contributed by atoms with van der Waals surface area (Å²) in [6, 6.07) is 11.9. The molecule has 0 spiro atoms. The molecule has 0 radical (unpaired) electrons. The number of aromatic nitrogens is 1. The fourth-order valence-corrected chi connectivity index (χ4v) is 4.79. The fraction of sp³-hybridized carbons (Fsp3) is 0.417. The second kappa shape index (κ2) is 12.8. The number of aryl methyl sites for hydroxylation is 2. The molecular weight excluding hydrogens is 535 g/mol. The Kier molecular flexibility index (Phi) is 9.86. The minimum atomic E-state index is 0. The number of furan rings is 1. The normalized spacial score (nSPS) is 13.2. The van der Waals surface area contributed by atoms with Crippen molar-refractivity contribution in [3.8, 4) is 5.75 Å². The van der Waals surface area contributed by atoms with Gasteiger partial charge in [-0.25, -0.2) is 9.98 Å². The molecule has 4 rings (SSSR count). The van der Waals surface area contributed by atoms with Crippen molar-refractivity contribution in [2.24, 2.45) is 4.99 Å². The van der Waals surface area contributed by atoms with E-state index in [2.05, 4.69) is 10.6 Å². The van der Waals surface area contributed by atoms with Crippen LogP contribution in [0, 0.1) is 0 Å². The summed E-state index contributed by atoms with van der Waals surface area (Å²) in [5.41, 5.74) is 2.47. The molecule has 3 aromatic rings. The lowest BCUT2D eigenvalue weighted by molar-refractivity contribution is 0.414. The average Bonchev–Trinajstić information content (AvgIpc) is 3.47. The van der Waals surface area contributed by atoms with E-state index in [1.54, 1.807) is 13.4 Å². The van der Waals surface area contributed by atoms with Crippen LogP contribution in [0.2, 0.25) is 0 Å². The number of hydrogen-bond acceptors (Lipinski definition) is 5. The van der Waals surface area contributed by atoms with Crippen LogP contribution in [0.4, 0.5) is 0 Å². The van der Waals surface area contributed by atoms with Gasteiger partial charge in [0.25, 0.3) is 0 Å². The minimum Gasteiger partial charge on any atom is -0.497 e. The Bertz CT molecular complexity index is 947. The molecule has 172 valence electrons. The number of halogens is 1. The largest absolute Gasteiger partial charge is 0.497 e. The topological polar surface area (TPSA) is 71.7 Å². The Morgan fingerprint density at radius 3 is 2.59 bits per heavy atom. The number of fused-ring (bicyclic) bond motifs is 1. The van der Waals surface area contributed by atoms with Crippen LogP contribution in [0.5, 0.6) is 5.75 Å². The molecule has 1 aliphatic rings. The van der Waals surface area contributed by atoms with E-state index in [1.165, 1.54) is 34.8 Å². The molecule has 0 saturated heterocycles. The lowest BCUT2D eigenvalue weighted by Gasteiger charge is -2.12. The van der Waals surface area contributed by atoms with Gasteiger partial charge in [0.2, 0.25) is 0 Å². The van der Waals surface area contributed by atoms with Crippen molar-refractivity contribution >= 4 is 41.3 Å². The van der Waals surface area contributed by atoms with E-state index in [0.29, 0.717) is 6.54 Å². The molecule has 0 amide bonds. The van der Waals surface area contributed by atoms with E-state index >= 15 is 0 Å². The van der Waals surface area contributed by atoms with E-state index in [1.807, 2.05) is 47.7 Å². The molecule has 0 unspecified atom stereocenters. The van der Waals surface area contributed by atoms with Crippen LogP contribution in [-0.2, 0) is 32.2 Å². The van der Waals surface area contributed by atoms with Crippen molar-refractivity contribution in [2.45, 2.75) is 45.1 Å². The Labute approximate surface area is 210 Å².